The molecule has 1 fully saturated rings. The van der Waals surface area contributed by atoms with E-state index in [1.54, 1.807) is 14.2 Å². The molecule has 1 aliphatic heterocycles. The van der Waals surface area contributed by atoms with Gasteiger partial charge in [0.15, 0.2) is 0 Å². The topological polar surface area (TPSA) is 47.7 Å². The predicted molar refractivity (Wildman–Crippen MR) is 60.9 cm³/mol. The Morgan fingerprint density at radius 2 is 2.20 bits per heavy atom. The molecule has 0 aromatic rings. The molecule has 0 amide bonds. The monoisotopic (exact) mass is 216 g/mol. The van der Waals surface area contributed by atoms with E-state index >= 15 is 0 Å². The molecule has 3 atom stereocenters. The molecule has 2 N–H and O–H groups in total. The third kappa shape index (κ3) is 4.07. The lowest BCUT2D eigenvalue weighted by Crippen LogP contribution is -2.49. The van der Waals surface area contributed by atoms with Crippen molar-refractivity contribution in [2.75, 3.05) is 33.9 Å². The molecule has 0 saturated carbocycles. The van der Waals surface area contributed by atoms with Gasteiger partial charge in [0.1, 0.15) is 0 Å². The normalized spacial score (nSPS) is 30.4. The Kier molecular flexibility index (Phi) is 5.53. The summed E-state index contributed by atoms with van der Waals surface area (Å²) in [5, 5.41) is 0. The van der Waals surface area contributed by atoms with Gasteiger partial charge in [0, 0.05) is 32.8 Å². The van der Waals surface area contributed by atoms with Crippen LogP contribution in [-0.2, 0) is 9.47 Å². The highest BCUT2D eigenvalue weighted by molar-refractivity contribution is 4.82. The molecule has 1 saturated heterocycles. The van der Waals surface area contributed by atoms with Crippen LogP contribution in [0.3, 0.4) is 0 Å². The lowest BCUT2D eigenvalue weighted by atomic mass is 9.99. The minimum Gasteiger partial charge on any atom is -0.382 e. The first kappa shape index (κ1) is 12.9. The third-order valence-electron chi connectivity index (χ3n) is 3.18. The summed E-state index contributed by atoms with van der Waals surface area (Å²) in [5.74, 6) is 0. The van der Waals surface area contributed by atoms with Gasteiger partial charge in [0.2, 0.25) is 0 Å². The Bertz CT molecular complexity index is 178. The van der Waals surface area contributed by atoms with Crippen LogP contribution in [-0.4, -0.2) is 57.0 Å². The van der Waals surface area contributed by atoms with Gasteiger partial charge in [-0.1, -0.05) is 0 Å². The van der Waals surface area contributed by atoms with Crippen molar-refractivity contribution < 1.29 is 9.47 Å². The summed E-state index contributed by atoms with van der Waals surface area (Å²) < 4.78 is 10.5. The molecule has 4 heteroatoms. The minimum atomic E-state index is 0.173. The van der Waals surface area contributed by atoms with Crippen molar-refractivity contribution in [1.82, 2.24) is 4.90 Å². The second kappa shape index (κ2) is 6.43. The maximum absolute atomic E-state index is 5.93. The Hall–Kier alpha value is -0.160. The molecule has 3 unspecified atom stereocenters. The molecule has 0 aromatic carbocycles. The lowest BCUT2D eigenvalue weighted by molar-refractivity contribution is -0.00790. The molecule has 1 aliphatic rings. The summed E-state index contributed by atoms with van der Waals surface area (Å²) in [7, 11) is 3.45. The van der Waals surface area contributed by atoms with E-state index in [0.717, 1.165) is 25.9 Å². The number of piperidine rings is 1. The van der Waals surface area contributed by atoms with Gasteiger partial charge < -0.3 is 15.2 Å². The van der Waals surface area contributed by atoms with Gasteiger partial charge in [-0.3, -0.25) is 4.90 Å². The summed E-state index contributed by atoms with van der Waals surface area (Å²) in [6, 6.07) is 0.933. The zero-order chi connectivity index (χ0) is 11.3. The average molecular weight is 216 g/mol. The lowest BCUT2D eigenvalue weighted by Gasteiger charge is -2.37. The van der Waals surface area contributed by atoms with Gasteiger partial charge >= 0.3 is 0 Å². The van der Waals surface area contributed by atoms with Crippen molar-refractivity contribution in [1.29, 1.82) is 0 Å². The largest absolute Gasteiger partial charge is 0.382 e. The fraction of sp³-hybridized carbons (Fsp3) is 1.00. The number of ether oxygens (including phenoxy) is 2. The summed E-state index contributed by atoms with van der Waals surface area (Å²) in [5.41, 5.74) is 5.93. The molecule has 1 heterocycles. The summed E-state index contributed by atoms with van der Waals surface area (Å²) in [4.78, 5) is 2.44. The van der Waals surface area contributed by atoms with Crippen LogP contribution in [0.2, 0.25) is 0 Å². The van der Waals surface area contributed by atoms with E-state index in [4.69, 9.17) is 15.2 Å². The maximum atomic E-state index is 5.93. The molecule has 4 nitrogen and oxygen atoms in total. The van der Waals surface area contributed by atoms with E-state index in [9.17, 15) is 0 Å². The number of rotatable bonds is 5. The molecule has 0 aliphatic carbocycles. The van der Waals surface area contributed by atoms with Gasteiger partial charge in [-0.05, 0) is 26.3 Å². The number of nitrogens with two attached hydrogens (primary N) is 1. The predicted octanol–water partition coefficient (Wildman–Crippen LogP) is 0.459. The van der Waals surface area contributed by atoms with Crippen LogP contribution in [0.4, 0.5) is 0 Å². The Morgan fingerprint density at radius 3 is 2.73 bits per heavy atom. The highest BCUT2D eigenvalue weighted by atomic mass is 16.5. The maximum Gasteiger partial charge on any atom is 0.0931 e. The number of likely N-dealkylation sites (tertiary alicyclic amines) is 1. The van der Waals surface area contributed by atoms with E-state index in [-0.39, 0.29) is 6.10 Å². The van der Waals surface area contributed by atoms with Crippen molar-refractivity contribution in [3.05, 3.63) is 0 Å². The van der Waals surface area contributed by atoms with Crippen LogP contribution in [0.15, 0.2) is 0 Å². The molecule has 0 aromatic heterocycles. The zero-order valence-corrected chi connectivity index (χ0v) is 10.1. The number of nitrogens with zero attached hydrogens (tertiary/aromatic N) is 1. The summed E-state index contributed by atoms with van der Waals surface area (Å²) in [6.07, 6.45) is 2.35. The van der Waals surface area contributed by atoms with Crippen LogP contribution >= 0.6 is 0 Å². The Morgan fingerprint density at radius 1 is 1.47 bits per heavy atom. The van der Waals surface area contributed by atoms with Crippen LogP contribution in [0.25, 0.3) is 0 Å². The first-order chi connectivity index (χ1) is 7.17. The third-order valence-corrected chi connectivity index (χ3v) is 3.18. The van der Waals surface area contributed by atoms with E-state index in [0.29, 0.717) is 18.7 Å². The number of hydrogen-bond donors (Lipinski definition) is 1. The molecule has 1 rings (SSSR count). The Labute approximate surface area is 92.7 Å². The van der Waals surface area contributed by atoms with E-state index < -0.39 is 0 Å². The quantitative estimate of drug-likeness (QED) is 0.725. The highest BCUT2D eigenvalue weighted by Gasteiger charge is 2.25. The minimum absolute atomic E-state index is 0.173. The standard InChI is InChI=1S/C11H24N2O2/c1-9-6-10(12)4-5-13(9)7-11(15-3)8-14-2/h9-11H,4-8,12H2,1-3H3. The summed E-state index contributed by atoms with van der Waals surface area (Å²) in [6.45, 7) is 4.91. The fourth-order valence-electron chi connectivity index (χ4n) is 2.17. The van der Waals surface area contributed by atoms with E-state index in [1.807, 2.05) is 0 Å². The van der Waals surface area contributed by atoms with Crippen molar-refractivity contribution in [2.24, 2.45) is 5.73 Å². The number of methoxy groups -OCH3 is 2. The van der Waals surface area contributed by atoms with E-state index in [1.165, 1.54) is 0 Å². The fourth-order valence-corrected chi connectivity index (χ4v) is 2.17. The molecule has 0 spiro atoms. The summed E-state index contributed by atoms with van der Waals surface area (Å²) >= 11 is 0. The highest BCUT2D eigenvalue weighted by Crippen LogP contribution is 2.16. The molecule has 0 radical (unpaired) electrons. The first-order valence-corrected chi connectivity index (χ1v) is 5.68. The SMILES string of the molecule is COCC(CN1CCC(N)CC1C)OC. The number of hydrogen-bond acceptors (Lipinski definition) is 4. The first-order valence-electron chi connectivity index (χ1n) is 5.68. The van der Waals surface area contributed by atoms with Gasteiger partial charge in [-0.15, -0.1) is 0 Å². The molecule has 15 heavy (non-hydrogen) atoms. The van der Waals surface area contributed by atoms with Gasteiger partial charge in [0.25, 0.3) is 0 Å². The van der Waals surface area contributed by atoms with Crippen molar-refractivity contribution in [3.8, 4) is 0 Å². The van der Waals surface area contributed by atoms with Gasteiger partial charge in [-0.25, -0.2) is 0 Å². The molecule has 90 valence electrons. The van der Waals surface area contributed by atoms with Crippen molar-refractivity contribution in [2.45, 2.75) is 38.0 Å². The van der Waals surface area contributed by atoms with Crippen LogP contribution in [0.1, 0.15) is 19.8 Å². The van der Waals surface area contributed by atoms with E-state index in [2.05, 4.69) is 11.8 Å². The Balaban J connectivity index is 2.35. The van der Waals surface area contributed by atoms with Crippen LogP contribution < -0.4 is 5.73 Å². The molecular formula is C11H24N2O2. The molecular weight excluding hydrogens is 192 g/mol. The molecule has 0 bridgehead atoms. The second-order valence-electron chi connectivity index (χ2n) is 4.44. The van der Waals surface area contributed by atoms with Crippen molar-refractivity contribution in [3.63, 3.8) is 0 Å². The van der Waals surface area contributed by atoms with Crippen LogP contribution in [0, 0.1) is 0 Å². The van der Waals surface area contributed by atoms with Gasteiger partial charge in [0.05, 0.1) is 12.7 Å². The zero-order valence-electron chi connectivity index (χ0n) is 10.1. The smallest absolute Gasteiger partial charge is 0.0931 e. The average Bonchev–Trinajstić information content (AvgIpc) is 2.21. The van der Waals surface area contributed by atoms with Crippen molar-refractivity contribution >= 4 is 0 Å². The van der Waals surface area contributed by atoms with Crippen LogP contribution in [0.5, 0.6) is 0 Å². The second-order valence-corrected chi connectivity index (χ2v) is 4.44. The van der Waals surface area contributed by atoms with Gasteiger partial charge in [-0.2, -0.15) is 0 Å².